The van der Waals surface area contributed by atoms with Crippen LogP contribution < -0.4 is 0 Å². The maximum Gasteiger partial charge on any atom is 0.273 e. The zero-order valence-electron chi connectivity index (χ0n) is 8.13. The summed E-state index contributed by atoms with van der Waals surface area (Å²) >= 11 is 0. The average molecular weight is 179 g/mol. The highest BCUT2D eigenvalue weighted by Crippen LogP contribution is 2.24. The van der Waals surface area contributed by atoms with E-state index in [1.807, 2.05) is 26.8 Å². The lowest BCUT2D eigenvalue weighted by Crippen LogP contribution is -1.97. The molecule has 0 spiro atoms. The molecule has 0 aliphatic carbocycles. The molecule has 0 atom stereocenters. The van der Waals surface area contributed by atoms with E-state index < -0.39 is 0 Å². The van der Waals surface area contributed by atoms with Crippen LogP contribution in [-0.4, -0.2) is 4.92 Å². The number of rotatable bonds is 2. The van der Waals surface area contributed by atoms with E-state index in [2.05, 4.69) is 0 Å². The predicted octanol–water partition coefficient (Wildman–Crippen LogP) is 2.77. The van der Waals surface area contributed by atoms with Gasteiger partial charge in [0.1, 0.15) is 0 Å². The lowest BCUT2D eigenvalue weighted by atomic mass is 10.0. The minimum Gasteiger partial charge on any atom is -0.258 e. The van der Waals surface area contributed by atoms with Crippen LogP contribution in [0.4, 0.5) is 5.69 Å². The van der Waals surface area contributed by atoms with Crippen LogP contribution in [0, 0.1) is 24.0 Å². The molecule has 0 aliphatic heterocycles. The first-order valence-electron chi connectivity index (χ1n) is 4.30. The number of hydrogen-bond donors (Lipinski definition) is 0. The van der Waals surface area contributed by atoms with Crippen LogP contribution in [0.1, 0.15) is 23.6 Å². The van der Waals surface area contributed by atoms with Crippen molar-refractivity contribution in [3.05, 3.63) is 38.9 Å². The Balaban J connectivity index is 3.38. The normalized spacial score (nSPS) is 10.1. The second kappa shape index (κ2) is 3.56. The van der Waals surface area contributed by atoms with E-state index in [-0.39, 0.29) is 10.6 Å². The van der Waals surface area contributed by atoms with Gasteiger partial charge in [-0.3, -0.25) is 10.1 Å². The molecular weight excluding hydrogens is 166 g/mol. The van der Waals surface area contributed by atoms with Crippen LogP contribution >= 0.6 is 0 Å². The van der Waals surface area contributed by atoms with E-state index >= 15 is 0 Å². The van der Waals surface area contributed by atoms with Gasteiger partial charge in [0, 0.05) is 11.6 Å². The second-order valence-electron chi connectivity index (χ2n) is 3.19. The summed E-state index contributed by atoms with van der Waals surface area (Å²) in [5, 5.41) is 10.7. The van der Waals surface area contributed by atoms with Crippen LogP contribution in [0.2, 0.25) is 0 Å². The smallest absolute Gasteiger partial charge is 0.258 e. The van der Waals surface area contributed by atoms with Crippen molar-refractivity contribution in [2.24, 2.45) is 0 Å². The molecule has 0 N–H and O–H groups in total. The third kappa shape index (κ3) is 1.86. The Bertz CT molecular complexity index is 345. The zero-order valence-corrected chi connectivity index (χ0v) is 8.13. The van der Waals surface area contributed by atoms with Gasteiger partial charge in [-0.15, -0.1) is 0 Å². The third-order valence-electron chi connectivity index (χ3n) is 2.14. The van der Waals surface area contributed by atoms with E-state index in [4.69, 9.17) is 0 Å². The van der Waals surface area contributed by atoms with Crippen LogP contribution in [0.15, 0.2) is 12.1 Å². The van der Waals surface area contributed by atoms with Gasteiger partial charge in [0.2, 0.25) is 0 Å². The maximum atomic E-state index is 10.7. The Labute approximate surface area is 77.5 Å². The molecule has 1 aromatic carbocycles. The predicted molar refractivity (Wildman–Crippen MR) is 51.9 cm³/mol. The van der Waals surface area contributed by atoms with Gasteiger partial charge in [-0.2, -0.15) is 0 Å². The van der Waals surface area contributed by atoms with Crippen molar-refractivity contribution < 1.29 is 4.92 Å². The third-order valence-corrected chi connectivity index (χ3v) is 2.14. The lowest BCUT2D eigenvalue weighted by molar-refractivity contribution is -0.385. The Hall–Kier alpha value is -1.38. The van der Waals surface area contributed by atoms with Gasteiger partial charge in [-0.25, -0.2) is 0 Å². The van der Waals surface area contributed by atoms with E-state index in [9.17, 15) is 10.1 Å². The van der Waals surface area contributed by atoms with Crippen molar-refractivity contribution in [1.29, 1.82) is 0 Å². The van der Waals surface area contributed by atoms with Crippen molar-refractivity contribution in [3.8, 4) is 0 Å². The summed E-state index contributed by atoms with van der Waals surface area (Å²) in [5.74, 6) is 0. The van der Waals surface area contributed by atoms with Crippen LogP contribution in [0.5, 0.6) is 0 Å². The SMILES string of the molecule is CCc1c(C)cc(C)cc1[N+](=O)[O-]. The summed E-state index contributed by atoms with van der Waals surface area (Å²) in [4.78, 5) is 10.4. The molecule has 3 heteroatoms. The fraction of sp³-hybridized carbons (Fsp3) is 0.400. The van der Waals surface area contributed by atoms with Crippen molar-refractivity contribution in [3.63, 3.8) is 0 Å². The van der Waals surface area contributed by atoms with Gasteiger partial charge in [0.15, 0.2) is 0 Å². The molecular formula is C10H13NO2. The van der Waals surface area contributed by atoms with Gasteiger partial charge in [0.25, 0.3) is 5.69 Å². The van der Waals surface area contributed by atoms with Crippen LogP contribution in [0.3, 0.4) is 0 Å². The second-order valence-corrected chi connectivity index (χ2v) is 3.19. The topological polar surface area (TPSA) is 43.1 Å². The Morgan fingerprint density at radius 1 is 1.38 bits per heavy atom. The summed E-state index contributed by atoms with van der Waals surface area (Å²) in [6.45, 7) is 5.73. The lowest BCUT2D eigenvalue weighted by Gasteiger charge is -2.05. The van der Waals surface area contributed by atoms with Gasteiger partial charge in [-0.05, 0) is 31.4 Å². The summed E-state index contributed by atoms with van der Waals surface area (Å²) in [7, 11) is 0. The maximum absolute atomic E-state index is 10.7. The molecule has 0 saturated heterocycles. The van der Waals surface area contributed by atoms with Crippen molar-refractivity contribution in [2.45, 2.75) is 27.2 Å². The minimum atomic E-state index is -0.307. The molecule has 0 saturated carbocycles. The summed E-state index contributed by atoms with van der Waals surface area (Å²) in [5.41, 5.74) is 3.05. The van der Waals surface area contributed by atoms with Crippen LogP contribution in [0.25, 0.3) is 0 Å². The van der Waals surface area contributed by atoms with E-state index in [1.165, 1.54) is 0 Å². The molecule has 3 nitrogen and oxygen atoms in total. The molecule has 0 heterocycles. The van der Waals surface area contributed by atoms with E-state index in [0.717, 1.165) is 16.7 Å². The number of nitro groups is 1. The average Bonchev–Trinajstić information content (AvgIpc) is 2.02. The van der Waals surface area contributed by atoms with Crippen molar-refractivity contribution in [1.82, 2.24) is 0 Å². The molecule has 0 amide bonds. The standard InChI is InChI=1S/C10H13NO2/c1-4-9-8(3)5-7(2)6-10(9)11(12)13/h5-6H,4H2,1-3H3. The summed E-state index contributed by atoms with van der Waals surface area (Å²) in [6, 6.07) is 3.61. The highest BCUT2D eigenvalue weighted by Gasteiger charge is 2.14. The number of hydrogen-bond acceptors (Lipinski definition) is 2. The molecule has 0 bridgehead atoms. The molecule has 1 rings (SSSR count). The molecule has 0 aromatic heterocycles. The molecule has 0 radical (unpaired) electrons. The molecule has 0 aliphatic rings. The molecule has 1 aromatic rings. The molecule has 13 heavy (non-hydrogen) atoms. The quantitative estimate of drug-likeness (QED) is 0.517. The van der Waals surface area contributed by atoms with E-state index in [1.54, 1.807) is 6.07 Å². The number of nitrogens with zero attached hydrogens (tertiary/aromatic N) is 1. The molecule has 70 valence electrons. The Kier molecular flexibility index (Phi) is 2.66. The number of nitro benzene ring substituents is 1. The monoisotopic (exact) mass is 179 g/mol. The highest BCUT2D eigenvalue weighted by molar-refractivity contribution is 5.47. The first-order valence-corrected chi connectivity index (χ1v) is 4.30. The fourth-order valence-corrected chi connectivity index (χ4v) is 1.60. The molecule has 0 fully saturated rings. The fourth-order valence-electron chi connectivity index (χ4n) is 1.60. The Morgan fingerprint density at radius 2 is 2.00 bits per heavy atom. The Morgan fingerprint density at radius 3 is 2.46 bits per heavy atom. The summed E-state index contributed by atoms with van der Waals surface area (Å²) < 4.78 is 0. The van der Waals surface area contributed by atoms with Crippen molar-refractivity contribution in [2.75, 3.05) is 0 Å². The van der Waals surface area contributed by atoms with Gasteiger partial charge in [-0.1, -0.05) is 13.0 Å². The largest absolute Gasteiger partial charge is 0.273 e. The number of benzene rings is 1. The van der Waals surface area contributed by atoms with Gasteiger partial charge >= 0.3 is 0 Å². The zero-order chi connectivity index (χ0) is 10.0. The minimum absolute atomic E-state index is 0.250. The van der Waals surface area contributed by atoms with Crippen LogP contribution in [-0.2, 0) is 6.42 Å². The van der Waals surface area contributed by atoms with E-state index in [0.29, 0.717) is 6.42 Å². The first kappa shape index (κ1) is 9.71. The van der Waals surface area contributed by atoms with Gasteiger partial charge < -0.3 is 0 Å². The highest BCUT2D eigenvalue weighted by atomic mass is 16.6. The first-order chi connectivity index (χ1) is 6.06. The summed E-state index contributed by atoms with van der Waals surface area (Å²) in [6.07, 6.45) is 0.711. The van der Waals surface area contributed by atoms with Gasteiger partial charge in [0.05, 0.1) is 4.92 Å². The molecule has 0 unspecified atom stereocenters. The van der Waals surface area contributed by atoms with Crippen molar-refractivity contribution >= 4 is 5.69 Å². The number of aryl methyl sites for hydroxylation is 2.